The fourth-order valence-corrected chi connectivity index (χ4v) is 3.81. The van der Waals surface area contributed by atoms with Gasteiger partial charge in [-0.1, -0.05) is 0 Å². The summed E-state index contributed by atoms with van der Waals surface area (Å²) in [5, 5.41) is 6.05. The van der Waals surface area contributed by atoms with Crippen LogP contribution in [0.2, 0.25) is 0 Å². The lowest BCUT2D eigenvalue weighted by Gasteiger charge is -2.36. The Morgan fingerprint density at radius 1 is 1.27 bits per heavy atom. The van der Waals surface area contributed by atoms with Gasteiger partial charge in [0.25, 0.3) is 5.56 Å². The van der Waals surface area contributed by atoms with Gasteiger partial charge in [-0.05, 0) is 31.7 Å². The van der Waals surface area contributed by atoms with E-state index in [0.717, 1.165) is 18.9 Å². The molecule has 0 aromatic carbocycles. The first kappa shape index (κ1) is 20.2. The van der Waals surface area contributed by atoms with Crippen LogP contribution in [0.25, 0.3) is 0 Å². The van der Waals surface area contributed by atoms with Crippen molar-refractivity contribution < 1.29 is 18.0 Å². The Balaban J connectivity index is 1.37. The lowest BCUT2D eigenvalue weighted by molar-refractivity contribution is -0.137. The van der Waals surface area contributed by atoms with E-state index in [-0.39, 0.29) is 24.4 Å². The maximum Gasteiger partial charge on any atom is 0.416 e. The SMILES string of the molecule is Cc1nc(N[C@H]2C[C@@H](Cn3ccc(C(F)(F)F)cc3=O)C2)nc2c1NC(=O)CN2C. The van der Waals surface area contributed by atoms with Gasteiger partial charge in [-0.15, -0.1) is 0 Å². The average Bonchev–Trinajstić information content (AvgIpc) is 2.61. The van der Waals surface area contributed by atoms with Crippen LogP contribution in [0.5, 0.6) is 0 Å². The van der Waals surface area contributed by atoms with Crippen LogP contribution in [-0.2, 0) is 17.5 Å². The second-order valence-corrected chi connectivity index (χ2v) is 7.82. The molecule has 2 aromatic rings. The molecule has 0 radical (unpaired) electrons. The van der Waals surface area contributed by atoms with Gasteiger partial charge < -0.3 is 20.1 Å². The number of anilines is 3. The Morgan fingerprint density at radius 3 is 2.67 bits per heavy atom. The number of pyridine rings is 1. The van der Waals surface area contributed by atoms with Crippen LogP contribution < -0.4 is 21.1 Å². The molecule has 2 N–H and O–H groups in total. The van der Waals surface area contributed by atoms with Gasteiger partial charge in [0.2, 0.25) is 11.9 Å². The third-order valence-electron chi connectivity index (χ3n) is 5.42. The highest BCUT2D eigenvalue weighted by Crippen LogP contribution is 2.34. The van der Waals surface area contributed by atoms with E-state index in [9.17, 15) is 22.8 Å². The van der Waals surface area contributed by atoms with Crippen LogP contribution in [0.4, 0.5) is 30.6 Å². The fourth-order valence-electron chi connectivity index (χ4n) is 3.81. The lowest BCUT2D eigenvalue weighted by atomic mass is 9.80. The quantitative estimate of drug-likeness (QED) is 0.785. The maximum absolute atomic E-state index is 12.7. The molecule has 0 bridgehead atoms. The Morgan fingerprint density at radius 2 is 2.00 bits per heavy atom. The van der Waals surface area contributed by atoms with Gasteiger partial charge in [0.1, 0.15) is 5.69 Å². The van der Waals surface area contributed by atoms with Crippen LogP contribution in [0.1, 0.15) is 24.1 Å². The zero-order valence-corrected chi connectivity index (χ0v) is 16.5. The number of halogens is 3. The highest BCUT2D eigenvalue weighted by Gasteiger charge is 2.33. The molecule has 11 heteroatoms. The zero-order valence-electron chi connectivity index (χ0n) is 16.5. The summed E-state index contributed by atoms with van der Waals surface area (Å²) in [6.07, 6.45) is -1.82. The number of nitrogens with zero attached hydrogens (tertiary/aromatic N) is 4. The number of rotatable bonds is 4. The van der Waals surface area contributed by atoms with E-state index in [2.05, 4.69) is 20.6 Å². The van der Waals surface area contributed by atoms with Gasteiger partial charge in [0.05, 0.1) is 17.8 Å². The largest absolute Gasteiger partial charge is 0.416 e. The highest BCUT2D eigenvalue weighted by molar-refractivity contribution is 6.00. The van der Waals surface area contributed by atoms with Crippen molar-refractivity contribution in [2.24, 2.45) is 5.92 Å². The van der Waals surface area contributed by atoms with E-state index in [1.165, 1.54) is 10.8 Å². The topological polar surface area (TPSA) is 92.1 Å². The number of amides is 1. The van der Waals surface area contributed by atoms with Gasteiger partial charge in [-0.3, -0.25) is 9.59 Å². The summed E-state index contributed by atoms with van der Waals surface area (Å²) in [5.41, 5.74) is -0.319. The fraction of sp³-hybridized carbons (Fsp3) is 0.474. The molecular formula is C19H21F3N6O2. The molecule has 1 amide bonds. The lowest BCUT2D eigenvalue weighted by Crippen LogP contribution is -2.40. The molecule has 3 heterocycles. The van der Waals surface area contributed by atoms with Crippen molar-refractivity contribution >= 4 is 23.4 Å². The van der Waals surface area contributed by atoms with Gasteiger partial charge in [0.15, 0.2) is 5.82 Å². The number of carbonyl (C=O) groups is 1. The number of alkyl halides is 3. The summed E-state index contributed by atoms with van der Waals surface area (Å²) < 4.78 is 39.4. The van der Waals surface area contributed by atoms with Gasteiger partial charge in [0, 0.05) is 31.9 Å². The molecular weight excluding hydrogens is 401 g/mol. The molecule has 2 aromatic heterocycles. The number of aryl methyl sites for hydroxylation is 1. The molecule has 0 atom stereocenters. The first-order valence-electron chi connectivity index (χ1n) is 9.54. The predicted molar refractivity (Wildman–Crippen MR) is 105 cm³/mol. The molecule has 0 spiro atoms. The van der Waals surface area contributed by atoms with E-state index >= 15 is 0 Å². The molecule has 1 fully saturated rings. The van der Waals surface area contributed by atoms with Gasteiger partial charge in [-0.25, -0.2) is 4.98 Å². The predicted octanol–water partition coefficient (Wildman–Crippen LogP) is 2.24. The molecule has 30 heavy (non-hydrogen) atoms. The monoisotopic (exact) mass is 422 g/mol. The Hall–Kier alpha value is -3.11. The number of aromatic nitrogens is 3. The summed E-state index contributed by atoms with van der Waals surface area (Å²) >= 11 is 0. The van der Waals surface area contributed by atoms with E-state index in [1.807, 2.05) is 0 Å². The van der Waals surface area contributed by atoms with Crippen LogP contribution >= 0.6 is 0 Å². The molecule has 1 aliphatic heterocycles. The molecule has 0 saturated heterocycles. The number of hydrogen-bond acceptors (Lipinski definition) is 6. The molecule has 2 aliphatic rings. The van der Waals surface area contributed by atoms with Crippen LogP contribution in [0.3, 0.4) is 0 Å². The standard InChI is InChI=1S/C19H21F3N6O2/c1-10-16-17(27(2)9-14(29)25-16)26-18(23-10)24-13-5-11(6-13)8-28-4-3-12(7-15(28)30)19(20,21)22/h3-4,7,11,13H,5-6,8-9H2,1-2H3,(H,25,29)(H,23,24,26)/t11-,13+. The molecule has 1 saturated carbocycles. The van der Waals surface area contributed by atoms with Crippen molar-refractivity contribution in [1.82, 2.24) is 14.5 Å². The second kappa shape index (κ2) is 7.29. The molecule has 0 unspecified atom stereocenters. The van der Waals surface area contributed by atoms with Crippen LogP contribution in [0, 0.1) is 12.8 Å². The van der Waals surface area contributed by atoms with Crippen LogP contribution in [0.15, 0.2) is 23.1 Å². The smallest absolute Gasteiger partial charge is 0.351 e. The van der Waals surface area contributed by atoms with Crippen molar-refractivity contribution in [1.29, 1.82) is 0 Å². The van der Waals surface area contributed by atoms with Crippen molar-refractivity contribution in [2.45, 2.75) is 38.5 Å². The summed E-state index contributed by atoms with van der Waals surface area (Å²) in [7, 11) is 1.79. The van der Waals surface area contributed by atoms with Crippen molar-refractivity contribution in [3.8, 4) is 0 Å². The van der Waals surface area contributed by atoms with E-state index < -0.39 is 17.3 Å². The minimum Gasteiger partial charge on any atom is -0.351 e. The second-order valence-electron chi connectivity index (χ2n) is 7.82. The molecule has 4 rings (SSSR count). The number of nitrogens with one attached hydrogen (secondary N) is 2. The first-order chi connectivity index (χ1) is 14.1. The Bertz CT molecular complexity index is 1050. The van der Waals surface area contributed by atoms with Crippen molar-refractivity contribution in [2.75, 3.05) is 29.1 Å². The minimum absolute atomic E-state index is 0.112. The van der Waals surface area contributed by atoms with E-state index in [4.69, 9.17) is 0 Å². The third-order valence-corrected chi connectivity index (χ3v) is 5.42. The van der Waals surface area contributed by atoms with Crippen molar-refractivity contribution in [3.63, 3.8) is 0 Å². The number of likely N-dealkylation sites (N-methyl/N-ethyl adjacent to an activating group) is 1. The number of carbonyl (C=O) groups excluding carboxylic acids is 1. The molecule has 8 nitrogen and oxygen atoms in total. The minimum atomic E-state index is -4.52. The normalized spacial score (nSPS) is 21.0. The summed E-state index contributed by atoms with van der Waals surface area (Å²) in [6.45, 7) is 2.38. The first-order valence-corrected chi connectivity index (χ1v) is 9.54. The average molecular weight is 422 g/mol. The van der Waals surface area contributed by atoms with E-state index in [0.29, 0.717) is 35.8 Å². The third kappa shape index (κ3) is 3.96. The maximum atomic E-state index is 12.7. The van der Waals surface area contributed by atoms with Gasteiger partial charge >= 0.3 is 6.18 Å². The zero-order chi connectivity index (χ0) is 21.6. The van der Waals surface area contributed by atoms with Gasteiger partial charge in [-0.2, -0.15) is 18.2 Å². The molecule has 160 valence electrons. The summed E-state index contributed by atoms with van der Waals surface area (Å²) in [6, 6.07) is 1.67. The number of hydrogen-bond donors (Lipinski definition) is 2. The summed E-state index contributed by atoms with van der Waals surface area (Å²) in [4.78, 5) is 34.3. The molecule has 1 aliphatic carbocycles. The number of fused-ring (bicyclic) bond motifs is 1. The van der Waals surface area contributed by atoms with Crippen LogP contribution in [-0.4, -0.2) is 40.1 Å². The summed E-state index contributed by atoms with van der Waals surface area (Å²) in [5.74, 6) is 1.18. The Labute approximate surface area is 170 Å². The highest BCUT2D eigenvalue weighted by atomic mass is 19.4. The van der Waals surface area contributed by atoms with Crippen molar-refractivity contribution in [3.05, 3.63) is 39.9 Å². The van der Waals surface area contributed by atoms with E-state index in [1.54, 1.807) is 18.9 Å². The Kier molecular flexibility index (Phi) is 4.91.